The molecule has 2 aliphatic heterocycles. The first kappa shape index (κ1) is 9.79. The van der Waals surface area contributed by atoms with Crippen LogP contribution in [0.15, 0.2) is 70.4 Å². The largest absolute Gasteiger partial charge is 0.739 e. The highest BCUT2D eigenvalue weighted by atomic mass is 16.5. The standard InChI is InChI=1S/C14H12N3O/c18-17-12-7-3-4-9-8-15-11-6-2-1-5-10(11)14(16-17)13(9)12/h1,3-6,8,15-16H,2,7H2/q-1. The normalized spacial score (nSPS) is 23.9. The predicted molar refractivity (Wildman–Crippen MR) is 69.2 cm³/mol. The van der Waals surface area contributed by atoms with E-state index in [1.54, 1.807) is 0 Å². The van der Waals surface area contributed by atoms with Gasteiger partial charge in [-0.25, -0.2) is 0 Å². The molecule has 4 rings (SSSR count). The van der Waals surface area contributed by atoms with Gasteiger partial charge in [-0.05, 0) is 6.42 Å². The number of allylic oxidation sites excluding steroid dienone is 6. The van der Waals surface area contributed by atoms with Gasteiger partial charge in [0.15, 0.2) is 0 Å². The molecule has 4 heteroatoms. The van der Waals surface area contributed by atoms with E-state index in [1.165, 1.54) is 0 Å². The zero-order chi connectivity index (χ0) is 12.1. The van der Waals surface area contributed by atoms with Gasteiger partial charge in [-0.1, -0.05) is 30.4 Å². The molecule has 0 bridgehead atoms. The molecule has 0 amide bonds. The number of nitrogens with one attached hydrogen (secondary N) is 2. The molecule has 0 unspecified atom stereocenters. The van der Waals surface area contributed by atoms with E-state index in [4.69, 9.17) is 0 Å². The zero-order valence-corrected chi connectivity index (χ0v) is 9.73. The van der Waals surface area contributed by atoms with Crippen LogP contribution in [0.4, 0.5) is 0 Å². The van der Waals surface area contributed by atoms with E-state index in [9.17, 15) is 5.21 Å². The number of hydrazine groups is 1. The Morgan fingerprint density at radius 1 is 1.22 bits per heavy atom. The SMILES string of the molecule is [O-]N1NC2=C3C=CCC=C3NC=C3C=CCC1=C32. The summed E-state index contributed by atoms with van der Waals surface area (Å²) in [7, 11) is 0. The molecule has 0 aromatic rings. The lowest BCUT2D eigenvalue weighted by Gasteiger charge is -2.28. The topological polar surface area (TPSA) is 50.4 Å². The average Bonchev–Trinajstić information content (AvgIpc) is 2.65. The summed E-state index contributed by atoms with van der Waals surface area (Å²) in [4.78, 5) is 0. The molecular weight excluding hydrogens is 226 g/mol. The molecule has 0 atom stereocenters. The summed E-state index contributed by atoms with van der Waals surface area (Å²) in [6, 6.07) is 0. The number of fused-ring (bicyclic) bond motifs is 1. The van der Waals surface area contributed by atoms with Crippen LogP contribution in [0.2, 0.25) is 0 Å². The third kappa shape index (κ3) is 1.18. The first-order valence-electron chi connectivity index (χ1n) is 6.07. The molecule has 2 heterocycles. The van der Waals surface area contributed by atoms with Gasteiger partial charge in [-0.3, -0.25) is 0 Å². The van der Waals surface area contributed by atoms with Crippen LogP contribution in [0.25, 0.3) is 0 Å². The Morgan fingerprint density at radius 3 is 3.11 bits per heavy atom. The highest BCUT2D eigenvalue weighted by Gasteiger charge is 2.30. The third-order valence-corrected chi connectivity index (χ3v) is 3.58. The number of hydroxylamine groups is 1. The van der Waals surface area contributed by atoms with Crippen molar-refractivity contribution in [1.29, 1.82) is 0 Å². The Morgan fingerprint density at radius 2 is 2.17 bits per heavy atom. The minimum absolute atomic E-state index is 0.683. The second kappa shape index (κ2) is 3.40. The summed E-state index contributed by atoms with van der Waals surface area (Å²) in [5, 5.41) is 16.1. The summed E-state index contributed by atoms with van der Waals surface area (Å²) < 4.78 is 0. The van der Waals surface area contributed by atoms with Gasteiger partial charge in [0.2, 0.25) is 0 Å². The minimum Gasteiger partial charge on any atom is -0.739 e. The van der Waals surface area contributed by atoms with Gasteiger partial charge in [-0.15, -0.1) is 0 Å². The molecule has 0 radical (unpaired) electrons. The Hall–Kier alpha value is -2.20. The summed E-state index contributed by atoms with van der Waals surface area (Å²) in [5.41, 5.74) is 8.88. The van der Waals surface area contributed by atoms with E-state index >= 15 is 0 Å². The number of hydrogen-bond donors (Lipinski definition) is 2. The van der Waals surface area contributed by atoms with Crippen LogP contribution in [0.3, 0.4) is 0 Å². The summed E-state index contributed by atoms with van der Waals surface area (Å²) >= 11 is 0. The Kier molecular flexibility index (Phi) is 1.85. The van der Waals surface area contributed by atoms with Gasteiger partial charge in [0.25, 0.3) is 0 Å². The first-order valence-corrected chi connectivity index (χ1v) is 6.07. The van der Waals surface area contributed by atoms with Crippen molar-refractivity contribution in [3.63, 3.8) is 0 Å². The molecule has 18 heavy (non-hydrogen) atoms. The van der Waals surface area contributed by atoms with E-state index < -0.39 is 0 Å². The second-order valence-electron chi connectivity index (χ2n) is 4.62. The maximum absolute atomic E-state index is 11.9. The number of rotatable bonds is 0. The monoisotopic (exact) mass is 238 g/mol. The van der Waals surface area contributed by atoms with Crippen LogP contribution in [-0.2, 0) is 0 Å². The van der Waals surface area contributed by atoms with Gasteiger partial charge in [0.1, 0.15) is 0 Å². The Labute approximate surface area is 105 Å². The van der Waals surface area contributed by atoms with Crippen molar-refractivity contribution in [2.45, 2.75) is 12.8 Å². The summed E-state index contributed by atoms with van der Waals surface area (Å²) in [6.45, 7) is 0. The fourth-order valence-electron chi connectivity index (χ4n) is 2.74. The lowest BCUT2D eigenvalue weighted by molar-refractivity contribution is 0.405. The van der Waals surface area contributed by atoms with Crippen molar-refractivity contribution in [3.05, 3.63) is 75.6 Å². The molecule has 0 fully saturated rings. The van der Waals surface area contributed by atoms with Crippen molar-refractivity contribution in [2.75, 3.05) is 0 Å². The minimum atomic E-state index is 0.683. The quantitative estimate of drug-likeness (QED) is 0.678. The van der Waals surface area contributed by atoms with E-state index in [2.05, 4.69) is 35.0 Å². The molecule has 0 aromatic carbocycles. The molecular formula is C14H12N3O-. The first-order chi connectivity index (χ1) is 8.84. The van der Waals surface area contributed by atoms with Crippen LogP contribution < -0.4 is 10.7 Å². The maximum Gasteiger partial charge on any atom is 0.0723 e. The second-order valence-corrected chi connectivity index (χ2v) is 4.62. The Bertz CT molecular complexity index is 617. The Balaban J connectivity index is 2.00. The van der Waals surface area contributed by atoms with Crippen molar-refractivity contribution in [1.82, 2.24) is 15.9 Å². The van der Waals surface area contributed by atoms with E-state index in [0.717, 1.165) is 45.4 Å². The zero-order valence-electron chi connectivity index (χ0n) is 9.73. The lowest BCUT2D eigenvalue weighted by Crippen LogP contribution is -2.26. The number of nitrogens with zero attached hydrogens (tertiary/aromatic N) is 1. The molecule has 0 spiro atoms. The van der Waals surface area contributed by atoms with Crippen LogP contribution >= 0.6 is 0 Å². The smallest absolute Gasteiger partial charge is 0.0723 e. The fourth-order valence-corrected chi connectivity index (χ4v) is 2.74. The molecule has 4 nitrogen and oxygen atoms in total. The van der Waals surface area contributed by atoms with E-state index in [1.807, 2.05) is 12.3 Å². The maximum atomic E-state index is 11.9. The van der Waals surface area contributed by atoms with Crippen LogP contribution in [0.1, 0.15) is 12.8 Å². The molecule has 2 N–H and O–H groups in total. The molecule has 90 valence electrons. The van der Waals surface area contributed by atoms with Gasteiger partial charge in [0, 0.05) is 40.7 Å². The van der Waals surface area contributed by atoms with Gasteiger partial charge in [0.05, 0.1) is 5.70 Å². The van der Waals surface area contributed by atoms with Crippen molar-refractivity contribution >= 4 is 0 Å². The molecule has 0 aromatic heterocycles. The summed E-state index contributed by atoms with van der Waals surface area (Å²) in [5.74, 6) is 0. The van der Waals surface area contributed by atoms with Gasteiger partial charge in [-0.2, -0.15) is 0 Å². The predicted octanol–water partition coefficient (Wildman–Crippen LogP) is 2.10. The highest BCUT2D eigenvalue weighted by molar-refractivity contribution is 5.66. The number of hydrogen-bond acceptors (Lipinski definition) is 4. The molecule has 2 aliphatic carbocycles. The molecule has 4 aliphatic rings. The van der Waals surface area contributed by atoms with Crippen molar-refractivity contribution in [3.8, 4) is 0 Å². The van der Waals surface area contributed by atoms with E-state index in [-0.39, 0.29) is 0 Å². The van der Waals surface area contributed by atoms with Crippen LogP contribution in [-0.4, -0.2) is 5.17 Å². The highest BCUT2D eigenvalue weighted by Crippen LogP contribution is 2.39. The molecule has 0 saturated heterocycles. The third-order valence-electron chi connectivity index (χ3n) is 3.58. The van der Waals surface area contributed by atoms with Gasteiger partial charge < -0.3 is 21.1 Å². The van der Waals surface area contributed by atoms with Crippen molar-refractivity contribution in [2.24, 2.45) is 0 Å². The fraction of sp³-hybridized carbons (Fsp3) is 0.143. The lowest BCUT2D eigenvalue weighted by atomic mass is 9.93. The summed E-state index contributed by atoms with van der Waals surface area (Å²) in [6.07, 6.45) is 14.0. The van der Waals surface area contributed by atoms with E-state index in [0.29, 0.717) is 6.42 Å². The van der Waals surface area contributed by atoms with Gasteiger partial charge >= 0.3 is 0 Å². The van der Waals surface area contributed by atoms with Crippen LogP contribution in [0.5, 0.6) is 0 Å². The average molecular weight is 238 g/mol. The van der Waals surface area contributed by atoms with Crippen molar-refractivity contribution < 1.29 is 0 Å². The van der Waals surface area contributed by atoms with Crippen LogP contribution in [0, 0.1) is 5.21 Å². The molecule has 0 saturated carbocycles.